The molecule has 0 unspecified atom stereocenters. The maximum absolute atomic E-state index is 11.0. The number of rotatable bonds is 10. The largest absolute Gasteiger partial charge is 0.493 e. The van der Waals surface area contributed by atoms with E-state index in [9.17, 15) is 14.7 Å². The number of primary amides is 2. The van der Waals surface area contributed by atoms with Crippen molar-refractivity contribution in [2.75, 3.05) is 13.2 Å². The van der Waals surface area contributed by atoms with Crippen LogP contribution in [-0.4, -0.2) is 36.2 Å². The Balaban J connectivity index is 1.64. The van der Waals surface area contributed by atoms with E-state index < -0.39 is 17.9 Å². The summed E-state index contributed by atoms with van der Waals surface area (Å²) in [6.45, 7) is 0.675. The molecule has 0 heterocycles. The molecule has 0 saturated heterocycles. The number of carbonyl (C=O) groups is 2. The van der Waals surface area contributed by atoms with E-state index in [0.29, 0.717) is 48.7 Å². The summed E-state index contributed by atoms with van der Waals surface area (Å²) in [6.07, 6.45) is 0.327. The minimum absolute atomic E-state index is 0.338. The standard InChI is InChI=1S/C19H22N2O5/c20-18(23)13-1-5-16(6-2-13)25-11-9-15(22)10-12-26-17-7-3-14(4-8-17)19(21)24/h1-8,15,22H,9-12H2,(H2,20,23)(H2,21,24). The average Bonchev–Trinajstić information content (AvgIpc) is 2.62. The molecule has 0 bridgehead atoms. The highest BCUT2D eigenvalue weighted by molar-refractivity contribution is 5.93. The first-order valence-electron chi connectivity index (χ1n) is 8.19. The molecular formula is C19H22N2O5. The van der Waals surface area contributed by atoms with Crippen molar-refractivity contribution in [1.82, 2.24) is 0 Å². The summed E-state index contributed by atoms with van der Waals surface area (Å²) in [5.74, 6) is 0.230. The molecule has 138 valence electrons. The summed E-state index contributed by atoms with van der Waals surface area (Å²) in [7, 11) is 0. The zero-order valence-corrected chi connectivity index (χ0v) is 14.3. The molecule has 0 saturated carbocycles. The van der Waals surface area contributed by atoms with Gasteiger partial charge in [-0.3, -0.25) is 9.59 Å². The van der Waals surface area contributed by atoms with Crippen molar-refractivity contribution in [1.29, 1.82) is 0 Å². The summed E-state index contributed by atoms with van der Waals surface area (Å²) < 4.78 is 11.0. The van der Waals surface area contributed by atoms with E-state index in [-0.39, 0.29) is 0 Å². The lowest BCUT2D eigenvalue weighted by molar-refractivity contribution is 0.0991. The van der Waals surface area contributed by atoms with Crippen molar-refractivity contribution in [2.45, 2.75) is 18.9 Å². The second kappa shape index (κ2) is 9.43. The molecule has 0 atom stereocenters. The van der Waals surface area contributed by atoms with Crippen molar-refractivity contribution in [2.24, 2.45) is 11.5 Å². The average molecular weight is 358 g/mol. The summed E-state index contributed by atoms with van der Waals surface area (Å²) in [4.78, 5) is 22.0. The zero-order valence-electron chi connectivity index (χ0n) is 14.3. The van der Waals surface area contributed by atoms with Gasteiger partial charge in [0.1, 0.15) is 11.5 Å². The predicted octanol–water partition coefficient (Wildman–Crippen LogP) is 1.48. The van der Waals surface area contributed by atoms with E-state index >= 15 is 0 Å². The highest BCUT2D eigenvalue weighted by atomic mass is 16.5. The van der Waals surface area contributed by atoms with Gasteiger partial charge in [-0.05, 0) is 48.5 Å². The minimum atomic E-state index is -0.565. The first-order valence-corrected chi connectivity index (χ1v) is 8.19. The Morgan fingerprint density at radius 2 is 1.12 bits per heavy atom. The van der Waals surface area contributed by atoms with Crippen LogP contribution in [0.15, 0.2) is 48.5 Å². The SMILES string of the molecule is NC(=O)c1ccc(OCCC(O)CCOc2ccc(C(N)=O)cc2)cc1. The monoisotopic (exact) mass is 358 g/mol. The van der Waals surface area contributed by atoms with Crippen LogP contribution in [0, 0.1) is 0 Å². The van der Waals surface area contributed by atoms with Gasteiger partial charge in [0.15, 0.2) is 0 Å². The van der Waals surface area contributed by atoms with E-state index in [1.54, 1.807) is 48.5 Å². The van der Waals surface area contributed by atoms with Crippen molar-refractivity contribution < 1.29 is 24.2 Å². The van der Waals surface area contributed by atoms with Gasteiger partial charge in [0, 0.05) is 24.0 Å². The molecule has 2 aromatic carbocycles. The number of benzene rings is 2. The molecule has 26 heavy (non-hydrogen) atoms. The second-order valence-electron chi connectivity index (χ2n) is 5.71. The van der Waals surface area contributed by atoms with Crippen LogP contribution in [0.25, 0.3) is 0 Å². The number of hydrogen-bond acceptors (Lipinski definition) is 5. The van der Waals surface area contributed by atoms with Crippen molar-refractivity contribution in [3.8, 4) is 11.5 Å². The van der Waals surface area contributed by atoms with Gasteiger partial charge in [0.2, 0.25) is 11.8 Å². The Morgan fingerprint density at radius 3 is 1.42 bits per heavy atom. The minimum Gasteiger partial charge on any atom is -0.493 e. The van der Waals surface area contributed by atoms with Gasteiger partial charge >= 0.3 is 0 Å². The van der Waals surface area contributed by atoms with Gasteiger partial charge in [-0.2, -0.15) is 0 Å². The molecule has 0 radical (unpaired) electrons. The number of nitrogens with two attached hydrogens (primary N) is 2. The van der Waals surface area contributed by atoms with E-state index in [1.165, 1.54) is 0 Å². The third-order valence-electron chi connectivity index (χ3n) is 3.72. The number of hydrogen-bond donors (Lipinski definition) is 3. The van der Waals surface area contributed by atoms with E-state index in [1.807, 2.05) is 0 Å². The van der Waals surface area contributed by atoms with Gasteiger partial charge in [0.25, 0.3) is 0 Å². The molecule has 0 fully saturated rings. The fraction of sp³-hybridized carbons (Fsp3) is 0.263. The molecule has 7 heteroatoms. The Morgan fingerprint density at radius 1 is 0.769 bits per heavy atom. The van der Waals surface area contributed by atoms with Crippen LogP contribution < -0.4 is 20.9 Å². The normalized spacial score (nSPS) is 10.5. The van der Waals surface area contributed by atoms with Crippen molar-refractivity contribution in [3.05, 3.63) is 59.7 Å². The molecule has 0 aliphatic carbocycles. The molecule has 0 aromatic heterocycles. The van der Waals surface area contributed by atoms with Gasteiger partial charge in [-0.25, -0.2) is 0 Å². The van der Waals surface area contributed by atoms with Crippen LogP contribution >= 0.6 is 0 Å². The Kier molecular flexibility index (Phi) is 6.99. The molecule has 7 nitrogen and oxygen atoms in total. The van der Waals surface area contributed by atoms with Crippen LogP contribution in [-0.2, 0) is 0 Å². The number of aliphatic hydroxyl groups excluding tert-OH is 1. The van der Waals surface area contributed by atoms with Crippen molar-refractivity contribution in [3.63, 3.8) is 0 Å². The molecule has 0 spiro atoms. The number of carbonyl (C=O) groups excluding carboxylic acids is 2. The third-order valence-corrected chi connectivity index (χ3v) is 3.72. The topological polar surface area (TPSA) is 125 Å². The fourth-order valence-corrected chi connectivity index (χ4v) is 2.20. The lowest BCUT2D eigenvalue weighted by Crippen LogP contribution is -2.16. The van der Waals surface area contributed by atoms with Crippen LogP contribution in [0.4, 0.5) is 0 Å². The van der Waals surface area contributed by atoms with Crippen LogP contribution in [0.3, 0.4) is 0 Å². The first-order chi connectivity index (χ1) is 12.5. The molecule has 5 N–H and O–H groups in total. The fourth-order valence-electron chi connectivity index (χ4n) is 2.20. The summed E-state index contributed by atoms with van der Waals surface area (Å²) in [5, 5.41) is 9.96. The van der Waals surface area contributed by atoms with Gasteiger partial charge in [-0.15, -0.1) is 0 Å². The first kappa shape index (κ1) is 19.3. The Hall–Kier alpha value is -3.06. The molecule has 0 aliphatic heterocycles. The van der Waals surface area contributed by atoms with Crippen LogP contribution in [0.5, 0.6) is 11.5 Å². The van der Waals surface area contributed by atoms with E-state index in [4.69, 9.17) is 20.9 Å². The summed E-state index contributed by atoms with van der Waals surface area (Å²) in [5.41, 5.74) is 11.2. The summed E-state index contributed by atoms with van der Waals surface area (Å²) >= 11 is 0. The maximum Gasteiger partial charge on any atom is 0.248 e. The van der Waals surface area contributed by atoms with Crippen molar-refractivity contribution >= 4 is 11.8 Å². The molecule has 2 aromatic rings. The molecular weight excluding hydrogens is 336 g/mol. The van der Waals surface area contributed by atoms with E-state index in [2.05, 4.69) is 0 Å². The van der Waals surface area contributed by atoms with Gasteiger partial charge < -0.3 is 26.0 Å². The number of ether oxygens (including phenoxy) is 2. The molecule has 2 rings (SSSR count). The molecule has 0 aliphatic rings. The lowest BCUT2D eigenvalue weighted by atomic mass is 10.2. The number of aliphatic hydroxyl groups is 1. The predicted molar refractivity (Wildman–Crippen MR) is 96.2 cm³/mol. The second-order valence-corrected chi connectivity index (χ2v) is 5.71. The smallest absolute Gasteiger partial charge is 0.248 e. The zero-order chi connectivity index (χ0) is 18.9. The Labute approximate surface area is 151 Å². The maximum atomic E-state index is 11.0. The van der Waals surface area contributed by atoms with E-state index in [0.717, 1.165) is 0 Å². The number of amides is 2. The van der Waals surface area contributed by atoms with Gasteiger partial charge in [0.05, 0.1) is 19.3 Å². The highest BCUT2D eigenvalue weighted by Gasteiger charge is 2.07. The van der Waals surface area contributed by atoms with Crippen LogP contribution in [0.2, 0.25) is 0 Å². The highest BCUT2D eigenvalue weighted by Crippen LogP contribution is 2.14. The summed E-state index contributed by atoms with van der Waals surface area (Å²) in [6, 6.07) is 13.0. The van der Waals surface area contributed by atoms with Gasteiger partial charge in [-0.1, -0.05) is 0 Å². The van der Waals surface area contributed by atoms with Crippen LogP contribution in [0.1, 0.15) is 33.6 Å². The third kappa shape index (κ3) is 6.10. The lowest BCUT2D eigenvalue weighted by Gasteiger charge is -2.13. The Bertz CT molecular complexity index is 665. The quantitative estimate of drug-likeness (QED) is 0.593. The molecule has 2 amide bonds.